The molecule has 0 bridgehead atoms. The lowest BCUT2D eigenvalue weighted by Crippen LogP contribution is -1.92. The second kappa shape index (κ2) is 6.75. The van der Waals surface area contributed by atoms with Crippen LogP contribution in [0.1, 0.15) is 34.4 Å². The van der Waals surface area contributed by atoms with E-state index in [0.29, 0.717) is 4.83 Å². The molecule has 0 spiro atoms. The normalized spacial score (nSPS) is 12.3. The molecule has 1 unspecified atom stereocenters. The first-order valence-corrected chi connectivity index (χ1v) is 7.42. The van der Waals surface area contributed by atoms with Crippen molar-refractivity contribution >= 4 is 15.9 Å². The molecule has 2 aromatic carbocycles. The Morgan fingerprint density at radius 3 is 2.28 bits per heavy atom. The second-order valence-electron chi connectivity index (χ2n) is 4.76. The van der Waals surface area contributed by atoms with E-state index in [1.165, 1.54) is 29.5 Å². The van der Waals surface area contributed by atoms with Crippen molar-refractivity contribution in [3.8, 4) is 0 Å². The minimum atomic E-state index is 0.476. The van der Waals surface area contributed by atoms with Crippen LogP contribution in [0.2, 0.25) is 0 Å². The van der Waals surface area contributed by atoms with Crippen molar-refractivity contribution in [2.75, 3.05) is 0 Å². The van der Waals surface area contributed by atoms with Gasteiger partial charge in [-0.05, 0) is 37.3 Å². The van der Waals surface area contributed by atoms with Gasteiger partial charge < -0.3 is 0 Å². The number of rotatable bonds is 5. The van der Waals surface area contributed by atoms with Gasteiger partial charge in [0.15, 0.2) is 0 Å². The van der Waals surface area contributed by atoms with Gasteiger partial charge in [0.05, 0.1) is 0 Å². The van der Waals surface area contributed by atoms with Crippen LogP contribution in [0.4, 0.5) is 0 Å². The van der Waals surface area contributed by atoms with Gasteiger partial charge in [-0.2, -0.15) is 0 Å². The highest BCUT2D eigenvalue weighted by Gasteiger charge is 2.06. The molecule has 0 fully saturated rings. The molecule has 0 saturated carbocycles. The van der Waals surface area contributed by atoms with E-state index in [-0.39, 0.29) is 0 Å². The van der Waals surface area contributed by atoms with Gasteiger partial charge in [0.1, 0.15) is 0 Å². The Morgan fingerprint density at radius 2 is 1.61 bits per heavy atom. The fraction of sp³-hybridized carbons (Fsp3) is 0.294. The van der Waals surface area contributed by atoms with E-state index < -0.39 is 0 Å². The molecule has 0 aromatic heterocycles. The first-order chi connectivity index (χ1) is 8.75. The zero-order valence-electron chi connectivity index (χ0n) is 10.8. The molecule has 2 rings (SSSR count). The van der Waals surface area contributed by atoms with E-state index in [4.69, 9.17) is 0 Å². The van der Waals surface area contributed by atoms with Gasteiger partial charge in [0, 0.05) is 4.83 Å². The molecular formula is C17H19Br. The second-order valence-corrected chi connectivity index (χ2v) is 5.86. The zero-order valence-corrected chi connectivity index (χ0v) is 12.4. The van der Waals surface area contributed by atoms with Crippen molar-refractivity contribution in [3.63, 3.8) is 0 Å². The van der Waals surface area contributed by atoms with Crippen molar-refractivity contribution in [1.82, 2.24) is 0 Å². The van der Waals surface area contributed by atoms with Gasteiger partial charge in [0.2, 0.25) is 0 Å². The summed E-state index contributed by atoms with van der Waals surface area (Å²) in [5.74, 6) is 0. The van der Waals surface area contributed by atoms with Gasteiger partial charge >= 0.3 is 0 Å². The smallest absolute Gasteiger partial charge is 0.0395 e. The highest BCUT2D eigenvalue weighted by molar-refractivity contribution is 9.09. The first kappa shape index (κ1) is 13.4. The van der Waals surface area contributed by atoms with Gasteiger partial charge in [-0.1, -0.05) is 76.1 Å². The number of aryl methyl sites for hydroxylation is 2. The molecule has 2 aromatic rings. The Bertz CT molecular complexity index is 459. The Hall–Kier alpha value is -1.08. The average molecular weight is 303 g/mol. The molecule has 0 amide bonds. The van der Waals surface area contributed by atoms with E-state index >= 15 is 0 Å². The average Bonchev–Trinajstić information content (AvgIpc) is 2.42. The van der Waals surface area contributed by atoms with Crippen LogP contribution < -0.4 is 0 Å². The monoisotopic (exact) mass is 302 g/mol. The van der Waals surface area contributed by atoms with Crippen LogP contribution in [0.15, 0.2) is 54.6 Å². The Labute approximate surface area is 118 Å². The van der Waals surface area contributed by atoms with Crippen LogP contribution >= 0.6 is 15.9 Å². The van der Waals surface area contributed by atoms with Crippen molar-refractivity contribution in [2.24, 2.45) is 0 Å². The van der Waals surface area contributed by atoms with Gasteiger partial charge in [-0.3, -0.25) is 0 Å². The van der Waals surface area contributed by atoms with E-state index in [0.717, 1.165) is 6.42 Å². The summed E-state index contributed by atoms with van der Waals surface area (Å²) in [7, 11) is 0. The number of hydrogen-bond acceptors (Lipinski definition) is 0. The fourth-order valence-corrected chi connectivity index (χ4v) is 2.70. The zero-order chi connectivity index (χ0) is 12.8. The molecular weight excluding hydrogens is 284 g/mol. The SMILES string of the molecule is Cc1ccc(CCCC(Br)c2ccccc2)cc1. The minimum absolute atomic E-state index is 0.476. The predicted molar refractivity (Wildman–Crippen MR) is 82.2 cm³/mol. The van der Waals surface area contributed by atoms with Crippen LogP contribution in [0.25, 0.3) is 0 Å². The van der Waals surface area contributed by atoms with Gasteiger partial charge in [-0.15, -0.1) is 0 Å². The van der Waals surface area contributed by atoms with Crippen molar-refractivity contribution in [2.45, 2.75) is 31.0 Å². The topological polar surface area (TPSA) is 0 Å². The van der Waals surface area contributed by atoms with Gasteiger partial charge in [-0.25, -0.2) is 0 Å². The van der Waals surface area contributed by atoms with Crippen molar-refractivity contribution < 1.29 is 0 Å². The summed E-state index contributed by atoms with van der Waals surface area (Å²) in [6.07, 6.45) is 3.56. The number of halogens is 1. The highest BCUT2D eigenvalue weighted by Crippen LogP contribution is 2.28. The van der Waals surface area contributed by atoms with Crippen LogP contribution in [0.3, 0.4) is 0 Å². The Kier molecular flexibility index (Phi) is 5.00. The molecule has 0 heterocycles. The molecule has 1 atom stereocenters. The van der Waals surface area contributed by atoms with Gasteiger partial charge in [0.25, 0.3) is 0 Å². The quantitative estimate of drug-likeness (QED) is 0.644. The summed E-state index contributed by atoms with van der Waals surface area (Å²) < 4.78 is 0. The van der Waals surface area contributed by atoms with Crippen LogP contribution in [-0.2, 0) is 6.42 Å². The highest BCUT2D eigenvalue weighted by atomic mass is 79.9. The maximum absolute atomic E-state index is 3.77. The summed E-state index contributed by atoms with van der Waals surface area (Å²) in [4.78, 5) is 0.476. The summed E-state index contributed by atoms with van der Waals surface area (Å²) in [6, 6.07) is 19.5. The molecule has 1 heteroatoms. The summed E-state index contributed by atoms with van der Waals surface area (Å²) in [6.45, 7) is 2.13. The lowest BCUT2D eigenvalue weighted by atomic mass is 10.0. The van der Waals surface area contributed by atoms with E-state index in [9.17, 15) is 0 Å². The third-order valence-corrected chi connectivity index (χ3v) is 4.19. The minimum Gasteiger partial charge on any atom is -0.0839 e. The number of alkyl halides is 1. The molecule has 0 aliphatic carbocycles. The molecule has 0 radical (unpaired) electrons. The molecule has 18 heavy (non-hydrogen) atoms. The maximum Gasteiger partial charge on any atom is 0.0395 e. The predicted octanol–water partition coefficient (Wildman–Crippen LogP) is 5.45. The van der Waals surface area contributed by atoms with Crippen molar-refractivity contribution in [3.05, 3.63) is 71.3 Å². The molecule has 0 N–H and O–H groups in total. The van der Waals surface area contributed by atoms with Crippen LogP contribution in [-0.4, -0.2) is 0 Å². The Balaban J connectivity index is 1.80. The summed E-state index contributed by atoms with van der Waals surface area (Å²) >= 11 is 3.77. The summed E-state index contributed by atoms with van der Waals surface area (Å²) in [5, 5.41) is 0. The molecule has 0 saturated heterocycles. The third-order valence-electron chi connectivity index (χ3n) is 3.20. The lowest BCUT2D eigenvalue weighted by molar-refractivity contribution is 0.729. The van der Waals surface area contributed by atoms with Crippen LogP contribution in [0.5, 0.6) is 0 Å². The number of benzene rings is 2. The van der Waals surface area contributed by atoms with Crippen molar-refractivity contribution in [1.29, 1.82) is 0 Å². The number of hydrogen-bond donors (Lipinski definition) is 0. The van der Waals surface area contributed by atoms with E-state index in [1.54, 1.807) is 0 Å². The molecule has 94 valence electrons. The third kappa shape index (κ3) is 3.99. The van der Waals surface area contributed by atoms with Crippen LogP contribution in [0, 0.1) is 6.92 Å². The first-order valence-electron chi connectivity index (χ1n) is 6.50. The fourth-order valence-electron chi connectivity index (χ4n) is 2.07. The summed E-state index contributed by atoms with van der Waals surface area (Å²) in [5.41, 5.74) is 4.15. The maximum atomic E-state index is 3.77. The van der Waals surface area contributed by atoms with E-state index in [2.05, 4.69) is 77.5 Å². The molecule has 0 nitrogen and oxygen atoms in total. The standard InChI is InChI=1S/C17H19Br/c1-14-10-12-15(13-11-14)6-5-9-17(18)16-7-3-2-4-8-16/h2-4,7-8,10-13,17H,5-6,9H2,1H3. The molecule has 0 aliphatic rings. The van der Waals surface area contributed by atoms with E-state index in [1.807, 2.05) is 0 Å². The molecule has 0 aliphatic heterocycles. The lowest BCUT2D eigenvalue weighted by Gasteiger charge is -2.10. The Morgan fingerprint density at radius 1 is 0.944 bits per heavy atom. The largest absolute Gasteiger partial charge is 0.0839 e.